The monoisotopic (exact) mass is 503 g/mol. The number of hydrogen-bond acceptors (Lipinski definition) is 3. The minimum absolute atomic E-state index is 0. The third-order valence-electron chi connectivity index (χ3n) is 4.85. The van der Waals surface area contributed by atoms with Crippen LogP contribution in [0.3, 0.4) is 0 Å². The molecule has 1 aliphatic rings. The smallest absolute Gasteiger partial charge is 0.191 e. The molecule has 0 aliphatic carbocycles. The molecule has 1 unspecified atom stereocenters. The number of aliphatic imine (C=N–C) groups is 1. The van der Waals surface area contributed by atoms with Crippen molar-refractivity contribution in [3.63, 3.8) is 0 Å². The second-order valence-electron chi connectivity index (χ2n) is 7.31. The van der Waals surface area contributed by atoms with E-state index in [4.69, 9.17) is 9.47 Å². The van der Waals surface area contributed by atoms with Gasteiger partial charge in [0.2, 0.25) is 0 Å². The van der Waals surface area contributed by atoms with Gasteiger partial charge in [0.15, 0.2) is 5.96 Å². The average molecular weight is 503 g/mol. The van der Waals surface area contributed by atoms with E-state index >= 15 is 0 Å². The highest BCUT2D eigenvalue weighted by Crippen LogP contribution is 2.14. The standard InChI is InChI=1S/C22H37N3O2.HI/c1-3-23-22(25-19(2)10-11-20-8-5-4-6-9-20)24-14-7-15-27-18-21-12-16-26-17-13-21;/h4-6,8-9,19,21H,3,7,10-18H2,1-2H3,(H2,23,24,25);1H. The second-order valence-corrected chi connectivity index (χ2v) is 7.31. The molecule has 0 radical (unpaired) electrons. The van der Waals surface area contributed by atoms with Crippen LogP contribution in [-0.4, -0.2) is 51.5 Å². The lowest BCUT2D eigenvalue weighted by Crippen LogP contribution is -2.42. The summed E-state index contributed by atoms with van der Waals surface area (Å²) in [4.78, 5) is 4.69. The molecule has 1 atom stereocenters. The maximum absolute atomic E-state index is 5.82. The molecule has 0 saturated carbocycles. The maximum Gasteiger partial charge on any atom is 0.191 e. The van der Waals surface area contributed by atoms with Crippen LogP contribution in [0.2, 0.25) is 0 Å². The number of hydrogen-bond donors (Lipinski definition) is 2. The SMILES string of the molecule is CCNC(=NCCCOCC1CCOCC1)NC(C)CCc1ccccc1.I. The largest absolute Gasteiger partial charge is 0.381 e. The number of benzene rings is 1. The number of halogens is 1. The van der Waals surface area contributed by atoms with Crippen LogP contribution >= 0.6 is 24.0 Å². The predicted octanol–water partition coefficient (Wildman–Crippen LogP) is 4.01. The van der Waals surface area contributed by atoms with Crippen LogP contribution in [0.15, 0.2) is 35.3 Å². The Bertz CT molecular complexity index is 522. The number of ether oxygens (including phenoxy) is 2. The molecule has 28 heavy (non-hydrogen) atoms. The summed E-state index contributed by atoms with van der Waals surface area (Å²) in [5.74, 6) is 1.58. The van der Waals surface area contributed by atoms with Crippen molar-refractivity contribution in [2.45, 2.75) is 52.0 Å². The lowest BCUT2D eigenvalue weighted by molar-refractivity contribution is 0.0205. The zero-order valence-electron chi connectivity index (χ0n) is 17.5. The van der Waals surface area contributed by atoms with Gasteiger partial charge in [-0.25, -0.2) is 0 Å². The summed E-state index contributed by atoms with van der Waals surface area (Å²) in [6.07, 6.45) is 5.39. The van der Waals surface area contributed by atoms with Crippen LogP contribution in [0.5, 0.6) is 0 Å². The van der Waals surface area contributed by atoms with Crippen molar-refractivity contribution >= 4 is 29.9 Å². The third-order valence-corrected chi connectivity index (χ3v) is 4.85. The second kappa shape index (κ2) is 16.0. The van der Waals surface area contributed by atoms with E-state index in [0.29, 0.717) is 12.0 Å². The highest BCUT2D eigenvalue weighted by Gasteiger charge is 2.13. The summed E-state index contributed by atoms with van der Waals surface area (Å²) < 4.78 is 11.2. The Labute approximate surface area is 188 Å². The first kappa shape index (κ1) is 25.2. The first-order valence-electron chi connectivity index (χ1n) is 10.5. The number of aryl methyl sites for hydroxylation is 1. The Balaban J connectivity index is 0.00000392. The van der Waals surface area contributed by atoms with Crippen molar-refractivity contribution in [3.8, 4) is 0 Å². The van der Waals surface area contributed by atoms with Gasteiger partial charge in [0, 0.05) is 45.6 Å². The van der Waals surface area contributed by atoms with Gasteiger partial charge in [0.25, 0.3) is 0 Å². The molecule has 5 nitrogen and oxygen atoms in total. The summed E-state index contributed by atoms with van der Waals surface area (Å²) in [5, 5.41) is 6.85. The van der Waals surface area contributed by atoms with E-state index < -0.39 is 0 Å². The summed E-state index contributed by atoms with van der Waals surface area (Å²) >= 11 is 0. The highest BCUT2D eigenvalue weighted by molar-refractivity contribution is 14.0. The number of nitrogens with one attached hydrogen (secondary N) is 2. The van der Waals surface area contributed by atoms with E-state index in [-0.39, 0.29) is 24.0 Å². The van der Waals surface area contributed by atoms with Gasteiger partial charge in [-0.2, -0.15) is 0 Å². The molecule has 1 aromatic rings. The van der Waals surface area contributed by atoms with Crippen LogP contribution in [0.4, 0.5) is 0 Å². The van der Waals surface area contributed by atoms with Gasteiger partial charge in [0.05, 0.1) is 0 Å². The van der Waals surface area contributed by atoms with E-state index in [1.807, 2.05) is 0 Å². The zero-order chi connectivity index (χ0) is 19.2. The molecule has 0 spiro atoms. The topological polar surface area (TPSA) is 54.9 Å². The van der Waals surface area contributed by atoms with Crippen molar-refractivity contribution in [1.82, 2.24) is 10.6 Å². The first-order valence-corrected chi connectivity index (χ1v) is 10.5. The number of guanidine groups is 1. The van der Waals surface area contributed by atoms with Crippen molar-refractivity contribution in [1.29, 1.82) is 0 Å². The van der Waals surface area contributed by atoms with Crippen molar-refractivity contribution in [3.05, 3.63) is 35.9 Å². The summed E-state index contributed by atoms with van der Waals surface area (Å²) in [6, 6.07) is 11.0. The molecule has 1 aromatic carbocycles. The fraction of sp³-hybridized carbons (Fsp3) is 0.682. The van der Waals surface area contributed by atoms with Gasteiger partial charge >= 0.3 is 0 Å². The Kier molecular flexibility index (Phi) is 14.4. The molecule has 6 heteroatoms. The third kappa shape index (κ3) is 11.2. The molecule has 0 amide bonds. The van der Waals surface area contributed by atoms with Crippen molar-refractivity contribution in [2.24, 2.45) is 10.9 Å². The summed E-state index contributed by atoms with van der Waals surface area (Å²) in [5.41, 5.74) is 1.38. The molecule has 0 bridgehead atoms. The van der Waals surface area contributed by atoms with Crippen LogP contribution < -0.4 is 10.6 Å². The molecular formula is C22H38IN3O2. The number of nitrogens with zero attached hydrogens (tertiary/aromatic N) is 1. The summed E-state index contributed by atoms with van der Waals surface area (Å²) in [6.45, 7) is 9.39. The minimum atomic E-state index is 0. The van der Waals surface area contributed by atoms with Crippen LogP contribution in [-0.2, 0) is 15.9 Å². The van der Waals surface area contributed by atoms with Gasteiger partial charge < -0.3 is 20.1 Å². The Morgan fingerprint density at radius 1 is 1.25 bits per heavy atom. The fourth-order valence-electron chi connectivity index (χ4n) is 3.17. The fourth-order valence-corrected chi connectivity index (χ4v) is 3.17. The van der Waals surface area contributed by atoms with Crippen LogP contribution in [0.1, 0.15) is 45.1 Å². The quantitative estimate of drug-likeness (QED) is 0.207. The van der Waals surface area contributed by atoms with Gasteiger partial charge in [-0.3, -0.25) is 4.99 Å². The molecule has 2 rings (SSSR count). The van der Waals surface area contributed by atoms with Gasteiger partial charge in [-0.05, 0) is 57.4 Å². The van der Waals surface area contributed by atoms with Gasteiger partial charge in [-0.15, -0.1) is 24.0 Å². The van der Waals surface area contributed by atoms with E-state index in [1.165, 1.54) is 5.56 Å². The average Bonchev–Trinajstić information content (AvgIpc) is 2.70. The van der Waals surface area contributed by atoms with Crippen LogP contribution in [0, 0.1) is 5.92 Å². The molecule has 1 saturated heterocycles. The molecular weight excluding hydrogens is 465 g/mol. The van der Waals surface area contributed by atoms with E-state index in [0.717, 1.165) is 77.6 Å². The Morgan fingerprint density at radius 2 is 2.00 bits per heavy atom. The Hall–Kier alpha value is -0.860. The molecule has 0 aromatic heterocycles. The predicted molar refractivity (Wildman–Crippen MR) is 128 cm³/mol. The number of rotatable bonds is 11. The molecule has 2 N–H and O–H groups in total. The molecule has 1 fully saturated rings. The lowest BCUT2D eigenvalue weighted by atomic mass is 10.0. The Morgan fingerprint density at radius 3 is 2.71 bits per heavy atom. The zero-order valence-corrected chi connectivity index (χ0v) is 19.8. The minimum Gasteiger partial charge on any atom is -0.381 e. The van der Waals surface area contributed by atoms with Gasteiger partial charge in [-0.1, -0.05) is 30.3 Å². The van der Waals surface area contributed by atoms with Crippen molar-refractivity contribution in [2.75, 3.05) is 39.5 Å². The van der Waals surface area contributed by atoms with Crippen LogP contribution in [0.25, 0.3) is 0 Å². The normalized spacial score (nSPS) is 16.3. The summed E-state index contributed by atoms with van der Waals surface area (Å²) in [7, 11) is 0. The lowest BCUT2D eigenvalue weighted by Gasteiger charge is -2.21. The molecule has 1 aliphatic heterocycles. The van der Waals surface area contributed by atoms with Gasteiger partial charge in [0.1, 0.15) is 0 Å². The van der Waals surface area contributed by atoms with Crippen molar-refractivity contribution < 1.29 is 9.47 Å². The molecule has 1 heterocycles. The van der Waals surface area contributed by atoms with E-state index in [2.05, 4.69) is 59.8 Å². The van der Waals surface area contributed by atoms with E-state index in [9.17, 15) is 0 Å². The van der Waals surface area contributed by atoms with E-state index in [1.54, 1.807) is 0 Å². The highest BCUT2D eigenvalue weighted by atomic mass is 127. The molecule has 160 valence electrons. The first-order chi connectivity index (χ1) is 13.3. The maximum atomic E-state index is 5.82.